The van der Waals surface area contributed by atoms with Crippen molar-refractivity contribution in [2.45, 2.75) is 13.0 Å². The van der Waals surface area contributed by atoms with E-state index in [1.165, 1.54) is 6.92 Å². The van der Waals surface area contributed by atoms with Crippen LogP contribution in [0.25, 0.3) is 10.9 Å². The van der Waals surface area contributed by atoms with Crippen LogP contribution in [0.4, 0.5) is 5.69 Å². The Morgan fingerprint density at radius 2 is 2.12 bits per heavy atom. The lowest BCUT2D eigenvalue weighted by Gasteiger charge is -1.94. The van der Waals surface area contributed by atoms with Gasteiger partial charge in [0.1, 0.15) is 6.10 Å². The Morgan fingerprint density at radius 1 is 1.41 bits per heavy atom. The van der Waals surface area contributed by atoms with E-state index in [9.17, 15) is 9.90 Å². The fourth-order valence-corrected chi connectivity index (χ4v) is 1.40. The number of benzene rings is 1. The molecular weight excluding hydrogens is 222 g/mol. The zero-order valence-electron chi connectivity index (χ0n) is 9.08. The Bertz CT molecular complexity index is 587. The third kappa shape index (κ3) is 2.16. The standard InChI is InChI=1S/C11H11N3O3/c1-6(15)10(16)14-13-9-7-4-2-3-5-8(7)12-11(9)17/h2-6,12,15,17H,1H3/t6-/m1/s1. The van der Waals surface area contributed by atoms with Gasteiger partial charge >= 0.3 is 0 Å². The van der Waals surface area contributed by atoms with E-state index >= 15 is 0 Å². The average molecular weight is 233 g/mol. The van der Waals surface area contributed by atoms with E-state index in [-0.39, 0.29) is 11.6 Å². The van der Waals surface area contributed by atoms with Crippen molar-refractivity contribution < 1.29 is 15.0 Å². The second-order valence-corrected chi connectivity index (χ2v) is 3.58. The van der Waals surface area contributed by atoms with Gasteiger partial charge in [-0.2, -0.15) is 0 Å². The predicted octanol–water partition coefficient (Wildman–Crippen LogP) is 1.86. The van der Waals surface area contributed by atoms with E-state index in [0.717, 1.165) is 0 Å². The van der Waals surface area contributed by atoms with Gasteiger partial charge in [0.05, 0.1) is 5.52 Å². The highest BCUT2D eigenvalue weighted by Gasteiger charge is 2.11. The maximum absolute atomic E-state index is 11.1. The van der Waals surface area contributed by atoms with Gasteiger partial charge in [0.2, 0.25) is 5.88 Å². The Labute approximate surface area is 96.6 Å². The van der Waals surface area contributed by atoms with Crippen molar-refractivity contribution in [3.63, 3.8) is 0 Å². The van der Waals surface area contributed by atoms with Crippen molar-refractivity contribution in [3.05, 3.63) is 24.3 Å². The number of aromatic nitrogens is 1. The Balaban J connectivity index is 2.42. The molecule has 3 N–H and O–H groups in total. The number of hydrogen-bond acceptors (Lipinski definition) is 4. The number of H-pyrrole nitrogens is 1. The smallest absolute Gasteiger partial charge is 0.292 e. The monoisotopic (exact) mass is 233 g/mol. The molecule has 0 aliphatic rings. The van der Waals surface area contributed by atoms with Crippen molar-refractivity contribution in [1.82, 2.24) is 4.98 Å². The van der Waals surface area contributed by atoms with E-state index < -0.39 is 12.0 Å². The minimum absolute atomic E-state index is 0.159. The number of rotatable bonds is 2. The molecule has 0 saturated carbocycles. The van der Waals surface area contributed by atoms with Gasteiger partial charge < -0.3 is 15.2 Å². The van der Waals surface area contributed by atoms with Crippen LogP contribution in [-0.2, 0) is 4.79 Å². The number of aromatic amines is 1. The van der Waals surface area contributed by atoms with Crippen LogP contribution in [0.1, 0.15) is 6.92 Å². The highest BCUT2D eigenvalue weighted by atomic mass is 16.3. The van der Waals surface area contributed by atoms with Crippen molar-refractivity contribution in [3.8, 4) is 5.88 Å². The average Bonchev–Trinajstić information content (AvgIpc) is 2.61. The van der Waals surface area contributed by atoms with Gasteiger partial charge in [-0.1, -0.05) is 18.2 Å². The molecule has 1 heterocycles. The van der Waals surface area contributed by atoms with E-state index in [1.807, 2.05) is 0 Å². The fraction of sp³-hybridized carbons (Fsp3) is 0.182. The summed E-state index contributed by atoms with van der Waals surface area (Å²) in [5, 5.41) is 26.2. The highest BCUT2D eigenvalue weighted by molar-refractivity contribution is 5.94. The third-order valence-corrected chi connectivity index (χ3v) is 2.27. The highest BCUT2D eigenvalue weighted by Crippen LogP contribution is 2.35. The molecule has 0 unspecified atom stereocenters. The van der Waals surface area contributed by atoms with Crippen LogP contribution in [0.2, 0.25) is 0 Å². The molecule has 0 radical (unpaired) electrons. The normalized spacial score (nSPS) is 13.3. The molecule has 17 heavy (non-hydrogen) atoms. The number of amides is 1. The summed E-state index contributed by atoms with van der Waals surface area (Å²) < 4.78 is 0. The molecule has 1 amide bonds. The lowest BCUT2D eigenvalue weighted by molar-refractivity contribution is -0.125. The topological polar surface area (TPSA) is 98.0 Å². The van der Waals surface area contributed by atoms with Crippen molar-refractivity contribution in [2.24, 2.45) is 10.2 Å². The number of nitrogens with zero attached hydrogens (tertiary/aromatic N) is 2. The van der Waals surface area contributed by atoms with E-state index in [2.05, 4.69) is 15.2 Å². The van der Waals surface area contributed by atoms with E-state index in [1.54, 1.807) is 24.3 Å². The first-order valence-electron chi connectivity index (χ1n) is 5.03. The Morgan fingerprint density at radius 3 is 2.82 bits per heavy atom. The molecule has 6 heteroatoms. The van der Waals surface area contributed by atoms with Gasteiger partial charge in [0.25, 0.3) is 5.91 Å². The third-order valence-electron chi connectivity index (χ3n) is 2.27. The first-order chi connectivity index (χ1) is 8.09. The van der Waals surface area contributed by atoms with E-state index in [4.69, 9.17) is 5.11 Å². The molecule has 2 aromatic rings. The Kier molecular flexibility index (Phi) is 2.88. The summed E-state index contributed by atoms with van der Waals surface area (Å²) in [6.07, 6.45) is -1.20. The van der Waals surface area contributed by atoms with Gasteiger partial charge in [0, 0.05) is 5.39 Å². The number of aliphatic hydroxyl groups excluding tert-OH is 1. The minimum atomic E-state index is -1.20. The lowest BCUT2D eigenvalue weighted by Crippen LogP contribution is -2.11. The molecule has 0 aliphatic carbocycles. The minimum Gasteiger partial charge on any atom is -0.493 e. The summed E-state index contributed by atoms with van der Waals surface area (Å²) in [5.74, 6) is -0.914. The second-order valence-electron chi connectivity index (χ2n) is 3.58. The molecule has 0 spiro atoms. The van der Waals surface area contributed by atoms with Gasteiger partial charge in [-0.3, -0.25) is 4.79 Å². The fourth-order valence-electron chi connectivity index (χ4n) is 1.40. The number of carbonyl (C=O) groups excluding carboxylic acids is 1. The van der Waals surface area contributed by atoms with Crippen LogP contribution in [0.3, 0.4) is 0 Å². The summed E-state index contributed by atoms with van der Waals surface area (Å²) >= 11 is 0. The molecule has 6 nitrogen and oxygen atoms in total. The number of nitrogens with one attached hydrogen (secondary N) is 1. The first-order valence-corrected chi connectivity index (χ1v) is 5.03. The maximum atomic E-state index is 11.1. The molecule has 1 aromatic carbocycles. The van der Waals surface area contributed by atoms with Crippen LogP contribution >= 0.6 is 0 Å². The van der Waals surface area contributed by atoms with Crippen LogP contribution in [0, 0.1) is 0 Å². The van der Waals surface area contributed by atoms with Crippen molar-refractivity contribution in [1.29, 1.82) is 0 Å². The SMILES string of the molecule is C[C@@H](O)C(=O)N=Nc1c(O)[nH]c2ccccc12. The molecule has 0 saturated heterocycles. The molecule has 1 atom stereocenters. The molecule has 0 fully saturated rings. The Hall–Kier alpha value is -2.21. The van der Waals surface area contributed by atoms with Gasteiger partial charge in [0.15, 0.2) is 5.69 Å². The number of aliphatic hydroxyl groups is 1. The zero-order valence-corrected chi connectivity index (χ0v) is 9.08. The number of para-hydroxylation sites is 1. The lowest BCUT2D eigenvalue weighted by atomic mass is 10.2. The molecule has 0 aliphatic heterocycles. The van der Waals surface area contributed by atoms with E-state index in [0.29, 0.717) is 10.9 Å². The zero-order chi connectivity index (χ0) is 12.4. The summed E-state index contributed by atoms with van der Waals surface area (Å²) in [6.45, 7) is 1.30. The quantitative estimate of drug-likeness (QED) is 0.690. The summed E-state index contributed by atoms with van der Waals surface area (Å²) in [5.41, 5.74) is 0.887. The largest absolute Gasteiger partial charge is 0.493 e. The van der Waals surface area contributed by atoms with Crippen LogP contribution in [0.15, 0.2) is 34.5 Å². The number of hydrogen-bond donors (Lipinski definition) is 3. The summed E-state index contributed by atoms with van der Waals surface area (Å²) in [7, 11) is 0. The summed E-state index contributed by atoms with van der Waals surface area (Å²) in [4.78, 5) is 13.8. The molecule has 1 aromatic heterocycles. The maximum Gasteiger partial charge on any atom is 0.292 e. The second kappa shape index (κ2) is 4.34. The number of azo groups is 1. The van der Waals surface area contributed by atoms with Gasteiger partial charge in [-0.05, 0) is 13.0 Å². The van der Waals surface area contributed by atoms with Gasteiger partial charge in [-0.25, -0.2) is 0 Å². The molecular formula is C11H11N3O3. The van der Waals surface area contributed by atoms with Crippen molar-refractivity contribution >= 4 is 22.5 Å². The number of aromatic hydroxyl groups is 1. The number of carbonyl (C=O) groups is 1. The first kappa shape index (κ1) is 11.3. The number of fused-ring (bicyclic) bond motifs is 1. The van der Waals surface area contributed by atoms with Crippen molar-refractivity contribution in [2.75, 3.05) is 0 Å². The molecule has 2 rings (SSSR count). The van der Waals surface area contributed by atoms with Gasteiger partial charge in [-0.15, -0.1) is 10.2 Å². The predicted molar refractivity (Wildman–Crippen MR) is 61.2 cm³/mol. The molecule has 0 bridgehead atoms. The van der Waals surface area contributed by atoms with Crippen LogP contribution in [0.5, 0.6) is 5.88 Å². The van der Waals surface area contributed by atoms with Crippen LogP contribution < -0.4 is 0 Å². The summed E-state index contributed by atoms with van der Waals surface area (Å²) in [6, 6.07) is 7.10. The molecule has 88 valence electrons. The van der Waals surface area contributed by atoms with Crippen LogP contribution in [-0.4, -0.2) is 27.2 Å².